The number of nitrogens with zero attached hydrogens (tertiary/aromatic N) is 1. The largest absolute Gasteiger partial charge is 0.381 e. The number of rotatable bonds is 2. The monoisotopic (exact) mass is 292 g/mol. The van der Waals surface area contributed by atoms with Gasteiger partial charge in [-0.3, -0.25) is 4.79 Å². The topological polar surface area (TPSA) is 55.0 Å². The zero-order valence-electron chi connectivity index (χ0n) is 11.5. The minimum Gasteiger partial charge on any atom is -0.381 e. The summed E-state index contributed by atoms with van der Waals surface area (Å²) >= 11 is 0. The van der Waals surface area contributed by atoms with Crippen molar-refractivity contribution in [2.45, 2.75) is 19.3 Å². The summed E-state index contributed by atoms with van der Waals surface area (Å²) in [6, 6.07) is 3.56. The Balaban J connectivity index is 2.31. The van der Waals surface area contributed by atoms with E-state index in [4.69, 9.17) is 4.74 Å². The van der Waals surface area contributed by atoms with Gasteiger partial charge in [-0.25, -0.2) is 13.9 Å². The van der Waals surface area contributed by atoms with Crippen LogP contribution in [0.5, 0.6) is 0 Å². The molecule has 6 heteroatoms. The van der Waals surface area contributed by atoms with Crippen LogP contribution in [0.15, 0.2) is 23.0 Å². The smallest absolute Gasteiger partial charge is 0.272 e. The molecule has 0 saturated carbocycles. The molecule has 0 bridgehead atoms. The van der Waals surface area contributed by atoms with Gasteiger partial charge in [0.15, 0.2) is 0 Å². The average molecular weight is 292 g/mol. The summed E-state index contributed by atoms with van der Waals surface area (Å²) in [7, 11) is 0. The lowest BCUT2D eigenvalue weighted by atomic mass is 9.89. The predicted molar refractivity (Wildman–Crippen MR) is 73.1 cm³/mol. The van der Waals surface area contributed by atoms with Gasteiger partial charge in [-0.05, 0) is 31.0 Å². The second kappa shape index (κ2) is 5.37. The SMILES string of the molecule is Cc1n[nH]c(=O)c(-c2c(F)cccc2F)c1C1CCOC1. The number of aromatic amines is 1. The maximum Gasteiger partial charge on any atom is 0.272 e. The standard InChI is InChI=1S/C15H14F2N2O2/c1-8-12(9-5-6-21-7-9)14(15(20)19-18-8)13-10(16)3-2-4-11(13)17/h2-4,9H,5-7H2,1H3,(H,19,20). The second-order valence-electron chi connectivity index (χ2n) is 5.08. The molecule has 110 valence electrons. The Morgan fingerprint density at radius 2 is 2.00 bits per heavy atom. The fourth-order valence-electron chi connectivity index (χ4n) is 2.80. The van der Waals surface area contributed by atoms with E-state index < -0.39 is 17.2 Å². The summed E-state index contributed by atoms with van der Waals surface area (Å²) in [5.74, 6) is -1.59. The molecule has 3 rings (SSSR count). The molecule has 2 aromatic rings. The van der Waals surface area contributed by atoms with Crippen LogP contribution in [0.4, 0.5) is 8.78 Å². The normalized spacial score (nSPS) is 18.1. The van der Waals surface area contributed by atoms with Crippen molar-refractivity contribution in [3.8, 4) is 11.1 Å². The van der Waals surface area contributed by atoms with E-state index in [-0.39, 0.29) is 17.0 Å². The van der Waals surface area contributed by atoms with Crippen molar-refractivity contribution in [1.82, 2.24) is 10.2 Å². The molecule has 2 heterocycles. The lowest BCUT2D eigenvalue weighted by Gasteiger charge is -2.16. The van der Waals surface area contributed by atoms with E-state index in [1.165, 1.54) is 6.07 Å². The number of halogens is 2. The van der Waals surface area contributed by atoms with Crippen molar-refractivity contribution in [1.29, 1.82) is 0 Å². The lowest BCUT2D eigenvalue weighted by Crippen LogP contribution is -2.19. The zero-order valence-corrected chi connectivity index (χ0v) is 11.5. The van der Waals surface area contributed by atoms with Crippen LogP contribution in [0.2, 0.25) is 0 Å². The Bertz CT molecular complexity index is 717. The summed E-state index contributed by atoms with van der Waals surface area (Å²) in [6.07, 6.45) is 0.703. The molecule has 0 aliphatic carbocycles. The summed E-state index contributed by atoms with van der Waals surface area (Å²) < 4.78 is 33.5. The van der Waals surface area contributed by atoms with Gasteiger partial charge in [-0.2, -0.15) is 5.10 Å². The molecule has 4 nitrogen and oxygen atoms in total. The number of H-pyrrole nitrogens is 1. The van der Waals surface area contributed by atoms with Crippen LogP contribution < -0.4 is 5.56 Å². The van der Waals surface area contributed by atoms with Crippen LogP contribution >= 0.6 is 0 Å². The van der Waals surface area contributed by atoms with Crippen LogP contribution in [-0.2, 0) is 4.74 Å². The summed E-state index contributed by atoms with van der Waals surface area (Å²) in [5.41, 5.74) is 0.259. The molecule has 1 aliphatic heterocycles. The third kappa shape index (κ3) is 2.35. The van der Waals surface area contributed by atoms with Crippen LogP contribution in [0.3, 0.4) is 0 Å². The first-order chi connectivity index (χ1) is 10.1. The maximum atomic E-state index is 14.1. The number of hydrogen-bond donors (Lipinski definition) is 1. The highest BCUT2D eigenvalue weighted by molar-refractivity contribution is 5.69. The molecule has 0 spiro atoms. The molecule has 1 aromatic heterocycles. The van der Waals surface area contributed by atoms with Gasteiger partial charge in [0, 0.05) is 12.5 Å². The van der Waals surface area contributed by atoms with Gasteiger partial charge in [-0.15, -0.1) is 0 Å². The Labute approximate surface area is 119 Å². The van der Waals surface area contributed by atoms with Crippen molar-refractivity contribution >= 4 is 0 Å². The van der Waals surface area contributed by atoms with Gasteiger partial charge in [0.25, 0.3) is 5.56 Å². The first-order valence-electron chi connectivity index (χ1n) is 6.71. The second-order valence-corrected chi connectivity index (χ2v) is 5.08. The number of benzene rings is 1. The van der Waals surface area contributed by atoms with Crippen LogP contribution in [0.25, 0.3) is 11.1 Å². The molecule has 1 atom stereocenters. The lowest BCUT2D eigenvalue weighted by molar-refractivity contribution is 0.194. The van der Waals surface area contributed by atoms with E-state index in [1.54, 1.807) is 6.92 Å². The number of nitrogens with one attached hydrogen (secondary N) is 1. The van der Waals surface area contributed by atoms with Gasteiger partial charge < -0.3 is 4.74 Å². The molecule has 1 unspecified atom stereocenters. The minimum absolute atomic E-state index is 0.0219. The maximum absolute atomic E-state index is 14.1. The Hall–Kier alpha value is -2.08. The molecular formula is C15H14F2N2O2. The Morgan fingerprint density at radius 3 is 2.62 bits per heavy atom. The summed E-state index contributed by atoms with van der Waals surface area (Å²) in [5, 5.41) is 6.24. The first-order valence-corrected chi connectivity index (χ1v) is 6.71. The quantitative estimate of drug-likeness (QED) is 0.925. The molecule has 1 aromatic carbocycles. The van der Waals surface area contributed by atoms with E-state index in [2.05, 4.69) is 10.2 Å². The first kappa shape index (κ1) is 13.9. The summed E-state index contributed by atoms with van der Waals surface area (Å²) in [6.45, 7) is 2.71. The minimum atomic E-state index is -0.758. The molecule has 1 saturated heterocycles. The van der Waals surface area contributed by atoms with Crippen LogP contribution in [0.1, 0.15) is 23.6 Å². The van der Waals surface area contributed by atoms with Crippen molar-refractivity contribution < 1.29 is 13.5 Å². The van der Waals surface area contributed by atoms with Crippen molar-refractivity contribution in [3.63, 3.8) is 0 Å². The van der Waals surface area contributed by atoms with Crippen LogP contribution in [-0.4, -0.2) is 23.4 Å². The highest BCUT2D eigenvalue weighted by Gasteiger charge is 2.28. The van der Waals surface area contributed by atoms with Crippen LogP contribution in [0, 0.1) is 18.6 Å². The van der Waals surface area contributed by atoms with Gasteiger partial charge >= 0.3 is 0 Å². The zero-order chi connectivity index (χ0) is 15.0. The summed E-state index contributed by atoms with van der Waals surface area (Å²) in [4.78, 5) is 12.2. The molecule has 1 aliphatic rings. The third-order valence-corrected chi connectivity index (χ3v) is 3.76. The van der Waals surface area contributed by atoms with E-state index in [0.29, 0.717) is 30.9 Å². The fourth-order valence-corrected chi connectivity index (χ4v) is 2.80. The molecule has 1 N–H and O–H groups in total. The van der Waals surface area contributed by atoms with Crippen molar-refractivity contribution in [2.75, 3.05) is 13.2 Å². The molecular weight excluding hydrogens is 278 g/mol. The van der Waals surface area contributed by atoms with Gasteiger partial charge in [0.2, 0.25) is 0 Å². The molecule has 1 fully saturated rings. The Morgan fingerprint density at radius 1 is 1.29 bits per heavy atom. The van der Waals surface area contributed by atoms with Gasteiger partial charge in [0.1, 0.15) is 11.6 Å². The average Bonchev–Trinajstić information content (AvgIpc) is 2.96. The number of ether oxygens (including phenoxy) is 1. The predicted octanol–water partition coefficient (Wildman–Crippen LogP) is 2.53. The van der Waals surface area contributed by atoms with E-state index >= 15 is 0 Å². The third-order valence-electron chi connectivity index (χ3n) is 3.76. The highest BCUT2D eigenvalue weighted by atomic mass is 19.1. The molecule has 0 radical (unpaired) electrons. The number of aromatic nitrogens is 2. The van der Waals surface area contributed by atoms with Crippen molar-refractivity contribution in [3.05, 3.63) is 51.4 Å². The highest BCUT2D eigenvalue weighted by Crippen LogP contribution is 2.35. The van der Waals surface area contributed by atoms with Gasteiger partial charge in [0.05, 0.1) is 23.4 Å². The molecule has 21 heavy (non-hydrogen) atoms. The molecule has 0 amide bonds. The van der Waals surface area contributed by atoms with Gasteiger partial charge in [-0.1, -0.05) is 6.07 Å². The van der Waals surface area contributed by atoms with E-state index in [0.717, 1.165) is 12.1 Å². The van der Waals surface area contributed by atoms with E-state index in [1.807, 2.05) is 0 Å². The van der Waals surface area contributed by atoms with Crippen molar-refractivity contribution in [2.24, 2.45) is 0 Å². The number of hydrogen-bond acceptors (Lipinski definition) is 3. The number of aryl methyl sites for hydroxylation is 1. The fraction of sp³-hybridized carbons (Fsp3) is 0.333. The van der Waals surface area contributed by atoms with E-state index in [9.17, 15) is 13.6 Å². The Kier molecular flexibility index (Phi) is 3.55.